The number of nitrogens with one attached hydrogen (secondary N) is 1. The number of methoxy groups -OCH3 is 1. The molecule has 1 aliphatic rings. The molecule has 2 aromatic carbocycles. The molecular weight excluding hydrogens is 352 g/mol. The molecule has 5 nitrogen and oxygen atoms in total. The summed E-state index contributed by atoms with van der Waals surface area (Å²) in [6.45, 7) is 2.79. The van der Waals surface area contributed by atoms with Crippen molar-refractivity contribution in [3.8, 4) is 5.75 Å². The minimum absolute atomic E-state index is 0.0126. The van der Waals surface area contributed by atoms with Gasteiger partial charge in [-0.2, -0.15) is 0 Å². The predicted octanol–water partition coefficient (Wildman–Crippen LogP) is 3.94. The molecule has 4 rings (SSSR count). The topological polar surface area (TPSA) is 54.7 Å². The SMILES string of the molecule is COc1ccc2c(CC(=O)NC[C@@H](c3ccccc3)N3CCCC3)coc2c1. The lowest BCUT2D eigenvalue weighted by Crippen LogP contribution is -2.37. The van der Waals surface area contributed by atoms with Crippen molar-refractivity contribution in [3.63, 3.8) is 0 Å². The van der Waals surface area contributed by atoms with Gasteiger partial charge in [0.2, 0.25) is 5.91 Å². The Hall–Kier alpha value is -2.79. The first-order valence-electron chi connectivity index (χ1n) is 9.84. The first-order valence-corrected chi connectivity index (χ1v) is 9.84. The fourth-order valence-electron chi connectivity index (χ4n) is 3.96. The van der Waals surface area contributed by atoms with Crippen LogP contribution < -0.4 is 10.1 Å². The van der Waals surface area contributed by atoms with Crippen LogP contribution in [0.1, 0.15) is 30.0 Å². The Morgan fingerprint density at radius 2 is 1.96 bits per heavy atom. The number of likely N-dealkylation sites (tertiary alicyclic amines) is 1. The lowest BCUT2D eigenvalue weighted by Gasteiger charge is -2.28. The maximum atomic E-state index is 12.6. The highest BCUT2D eigenvalue weighted by Gasteiger charge is 2.24. The number of hydrogen-bond donors (Lipinski definition) is 1. The minimum atomic E-state index is 0.0126. The Morgan fingerprint density at radius 1 is 1.18 bits per heavy atom. The van der Waals surface area contributed by atoms with Gasteiger partial charge in [0.25, 0.3) is 0 Å². The molecule has 1 atom stereocenters. The number of hydrogen-bond acceptors (Lipinski definition) is 4. The highest BCUT2D eigenvalue weighted by atomic mass is 16.5. The van der Waals surface area contributed by atoms with Gasteiger partial charge >= 0.3 is 0 Å². The van der Waals surface area contributed by atoms with Gasteiger partial charge in [-0.25, -0.2) is 0 Å². The summed E-state index contributed by atoms with van der Waals surface area (Å²) in [4.78, 5) is 15.1. The fourth-order valence-corrected chi connectivity index (χ4v) is 3.96. The van der Waals surface area contributed by atoms with Crippen LogP contribution in [0.3, 0.4) is 0 Å². The van der Waals surface area contributed by atoms with Gasteiger partial charge < -0.3 is 14.5 Å². The zero-order valence-corrected chi connectivity index (χ0v) is 16.2. The van der Waals surface area contributed by atoms with E-state index < -0.39 is 0 Å². The Balaban J connectivity index is 1.42. The summed E-state index contributed by atoms with van der Waals surface area (Å²) in [5.41, 5.74) is 2.89. The van der Waals surface area contributed by atoms with Crippen LogP contribution in [0.4, 0.5) is 0 Å². The molecule has 1 fully saturated rings. The summed E-state index contributed by atoms with van der Waals surface area (Å²) in [5.74, 6) is 0.757. The summed E-state index contributed by atoms with van der Waals surface area (Å²) in [5, 5.41) is 4.09. The van der Waals surface area contributed by atoms with Gasteiger partial charge in [0, 0.05) is 23.6 Å². The Labute approximate surface area is 165 Å². The zero-order valence-electron chi connectivity index (χ0n) is 16.2. The van der Waals surface area contributed by atoms with Crippen LogP contribution in [0.25, 0.3) is 11.0 Å². The highest BCUT2D eigenvalue weighted by molar-refractivity contribution is 5.88. The maximum absolute atomic E-state index is 12.6. The van der Waals surface area contributed by atoms with Crippen LogP contribution in [0.5, 0.6) is 5.75 Å². The van der Waals surface area contributed by atoms with E-state index in [2.05, 4.69) is 34.5 Å². The molecular formula is C23H26N2O3. The Bertz CT molecular complexity index is 929. The van der Waals surface area contributed by atoms with E-state index in [1.807, 2.05) is 24.3 Å². The van der Waals surface area contributed by atoms with Crippen LogP contribution in [0.15, 0.2) is 59.2 Å². The number of carbonyl (C=O) groups excluding carboxylic acids is 1. The van der Waals surface area contributed by atoms with E-state index in [1.54, 1.807) is 13.4 Å². The van der Waals surface area contributed by atoms with E-state index >= 15 is 0 Å². The van der Waals surface area contributed by atoms with Crippen molar-refractivity contribution in [1.29, 1.82) is 0 Å². The van der Waals surface area contributed by atoms with Gasteiger partial charge in [-0.05, 0) is 43.6 Å². The summed E-state index contributed by atoms with van der Waals surface area (Å²) < 4.78 is 10.8. The largest absolute Gasteiger partial charge is 0.497 e. The van der Waals surface area contributed by atoms with Crippen molar-refractivity contribution in [2.24, 2.45) is 0 Å². The highest BCUT2D eigenvalue weighted by Crippen LogP contribution is 2.27. The van der Waals surface area contributed by atoms with E-state index in [0.29, 0.717) is 13.0 Å². The van der Waals surface area contributed by atoms with Crippen molar-refractivity contribution in [2.75, 3.05) is 26.7 Å². The van der Waals surface area contributed by atoms with Crippen molar-refractivity contribution in [1.82, 2.24) is 10.2 Å². The van der Waals surface area contributed by atoms with E-state index in [9.17, 15) is 4.79 Å². The standard InChI is InChI=1S/C23H26N2O3/c1-27-19-9-10-20-18(16-28-22(20)14-19)13-23(26)24-15-21(25-11-5-6-12-25)17-7-3-2-4-8-17/h2-4,7-10,14,16,21H,5-6,11-13,15H2,1H3,(H,24,26)/t21-/m0/s1. The summed E-state index contributed by atoms with van der Waals surface area (Å²) >= 11 is 0. The molecule has 2 heterocycles. The smallest absolute Gasteiger partial charge is 0.224 e. The van der Waals surface area contributed by atoms with E-state index in [0.717, 1.165) is 35.4 Å². The van der Waals surface area contributed by atoms with Gasteiger partial charge in [-0.3, -0.25) is 9.69 Å². The first kappa shape index (κ1) is 18.6. The fraction of sp³-hybridized carbons (Fsp3) is 0.348. The average molecular weight is 378 g/mol. The van der Waals surface area contributed by atoms with Crippen molar-refractivity contribution >= 4 is 16.9 Å². The molecule has 0 spiro atoms. The number of ether oxygens (including phenoxy) is 1. The summed E-state index contributed by atoms with van der Waals surface area (Å²) in [6.07, 6.45) is 4.42. The van der Waals surface area contributed by atoms with Crippen LogP contribution in [0, 0.1) is 0 Å². The number of fused-ring (bicyclic) bond motifs is 1. The quantitative estimate of drug-likeness (QED) is 0.677. The number of amides is 1. The molecule has 3 aromatic rings. The molecule has 1 aromatic heterocycles. The molecule has 0 unspecified atom stereocenters. The number of rotatable bonds is 7. The van der Waals surface area contributed by atoms with Crippen LogP contribution >= 0.6 is 0 Å². The third-order valence-corrected chi connectivity index (χ3v) is 5.47. The molecule has 0 aliphatic carbocycles. The average Bonchev–Trinajstić information content (AvgIpc) is 3.39. The molecule has 28 heavy (non-hydrogen) atoms. The summed E-state index contributed by atoms with van der Waals surface area (Å²) in [6, 6.07) is 16.3. The molecule has 1 saturated heterocycles. The normalized spacial score (nSPS) is 15.6. The zero-order chi connectivity index (χ0) is 19.3. The monoisotopic (exact) mass is 378 g/mol. The Kier molecular flexibility index (Phi) is 5.63. The van der Waals surface area contributed by atoms with Crippen LogP contribution in [0.2, 0.25) is 0 Å². The molecule has 1 N–H and O–H groups in total. The molecule has 1 amide bonds. The van der Waals surface area contributed by atoms with Gasteiger partial charge in [-0.15, -0.1) is 0 Å². The number of furan rings is 1. The van der Waals surface area contributed by atoms with E-state index in [-0.39, 0.29) is 11.9 Å². The second-order valence-electron chi connectivity index (χ2n) is 7.27. The van der Waals surface area contributed by atoms with Gasteiger partial charge in [0.15, 0.2) is 0 Å². The van der Waals surface area contributed by atoms with Gasteiger partial charge in [-0.1, -0.05) is 30.3 Å². The second-order valence-corrected chi connectivity index (χ2v) is 7.27. The molecule has 0 radical (unpaired) electrons. The lowest BCUT2D eigenvalue weighted by molar-refractivity contribution is -0.120. The van der Waals surface area contributed by atoms with E-state index in [4.69, 9.17) is 9.15 Å². The Morgan fingerprint density at radius 3 is 2.71 bits per heavy atom. The van der Waals surface area contributed by atoms with Gasteiger partial charge in [0.05, 0.1) is 25.8 Å². The molecule has 0 bridgehead atoms. The molecule has 0 saturated carbocycles. The number of carbonyl (C=O) groups is 1. The molecule has 1 aliphatic heterocycles. The van der Waals surface area contributed by atoms with Gasteiger partial charge in [0.1, 0.15) is 11.3 Å². The second kappa shape index (κ2) is 8.48. The molecule has 5 heteroatoms. The first-order chi connectivity index (χ1) is 13.7. The van der Waals surface area contributed by atoms with Crippen molar-refractivity contribution in [2.45, 2.75) is 25.3 Å². The van der Waals surface area contributed by atoms with E-state index in [1.165, 1.54) is 18.4 Å². The third kappa shape index (κ3) is 4.04. The van der Waals surface area contributed by atoms with Crippen molar-refractivity contribution < 1.29 is 13.9 Å². The lowest BCUT2D eigenvalue weighted by atomic mass is 10.1. The third-order valence-electron chi connectivity index (χ3n) is 5.47. The maximum Gasteiger partial charge on any atom is 0.224 e. The number of nitrogens with zero attached hydrogens (tertiary/aromatic N) is 1. The number of benzene rings is 2. The summed E-state index contributed by atoms with van der Waals surface area (Å²) in [7, 11) is 1.63. The van der Waals surface area contributed by atoms with Crippen LogP contribution in [-0.4, -0.2) is 37.6 Å². The minimum Gasteiger partial charge on any atom is -0.497 e. The van der Waals surface area contributed by atoms with Crippen LogP contribution in [-0.2, 0) is 11.2 Å². The predicted molar refractivity (Wildman–Crippen MR) is 109 cm³/mol. The molecule has 146 valence electrons. The van der Waals surface area contributed by atoms with Crippen molar-refractivity contribution in [3.05, 3.63) is 65.9 Å².